The molecule has 0 unspecified atom stereocenters. The second-order valence-corrected chi connectivity index (χ2v) is 26.4. The maximum absolute atomic E-state index is 5.82. The maximum Gasteiger partial charge on any atom is 0.238 e. The quantitative estimate of drug-likeness (QED) is 0.166. The van der Waals surface area contributed by atoms with Gasteiger partial charge < -0.3 is 0 Å². The summed E-state index contributed by atoms with van der Waals surface area (Å²) in [7, 11) is 0. The van der Waals surface area contributed by atoms with Crippen LogP contribution in [-0.2, 0) is 0 Å². The molecule has 8 heterocycles. The topological polar surface area (TPSA) is 81.1 Å². The Bertz CT molecular complexity index is 6230. The Kier molecular flexibility index (Phi) is 10.3. The Morgan fingerprint density at radius 1 is 0.184 bits per heavy atom. The van der Waals surface area contributed by atoms with E-state index in [4.69, 9.17) is 19.9 Å². The zero-order valence-corrected chi connectivity index (χ0v) is 52.5. The number of para-hydroxylation sites is 10. The van der Waals surface area contributed by atoms with Crippen molar-refractivity contribution in [2.45, 2.75) is 11.8 Å². The van der Waals surface area contributed by atoms with Crippen molar-refractivity contribution in [3.05, 3.63) is 337 Å². The minimum atomic E-state index is -0.164. The Morgan fingerprint density at radius 2 is 0.408 bits per heavy atom. The molecule has 3 aliphatic rings. The standard InChI is InChI=1S/C88H52N10/c1-2-32-60-59(31-1)81-63-45-47-75-82(61-33-11-21-43-73(61)97(75)87-89-77(93-65-35-13-3-23-51(65)52-24-4-14-36-66(52)93)49-78(90-87)94-67-37-15-5-25-53(67)54-26-6-16-38-68(54)94)85(63)84(60)86-64(81)46-48-76-83(86)62-34-12-22-44-74(62)98(76)88-91-79(95-69-39-17-7-27-55(69)56-28-8-18-40-70(56)95)50-80(92-88)96-71-41-19-9-29-57(71)58-30-10-20-42-72(58)96/h1-50,81,84H. The van der Waals surface area contributed by atoms with E-state index in [9.17, 15) is 0 Å². The molecule has 0 atom stereocenters. The summed E-state index contributed by atoms with van der Waals surface area (Å²) in [4.78, 5) is 23.3. The van der Waals surface area contributed by atoms with Crippen LogP contribution in [0, 0.1) is 0 Å². The molecule has 98 heavy (non-hydrogen) atoms. The Morgan fingerprint density at radius 3 is 0.684 bits per heavy atom. The van der Waals surface area contributed by atoms with E-state index in [1.54, 1.807) is 0 Å². The number of rotatable bonds is 6. The first-order valence-corrected chi connectivity index (χ1v) is 33.6. The summed E-state index contributed by atoms with van der Waals surface area (Å²) >= 11 is 0. The molecule has 0 N–H and O–H groups in total. The van der Waals surface area contributed by atoms with Crippen LogP contribution in [0.25, 0.3) is 166 Å². The molecule has 10 heteroatoms. The summed E-state index contributed by atoms with van der Waals surface area (Å²) in [6.45, 7) is 0. The highest BCUT2D eigenvalue weighted by molar-refractivity contribution is 6.17. The molecule has 0 radical (unpaired) electrons. The molecule has 454 valence electrons. The van der Waals surface area contributed by atoms with Crippen LogP contribution < -0.4 is 0 Å². The fourth-order valence-corrected chi connectivity index (χ4v) is 17.9. The van der Waals surface area contributed by atoms with E-state index in [1.807, 2.05) is 0 Å². The first kappa shape index (κ1) is 52.2. The number of hydrogen-bond acceptors (Lipinski definition) is 4. The molecule has 0 fully saturated rings. The van der Waals surface area contributed by atoms with Crippen LogP contribution in [0.3, 0.4) is 0 Å². The average molecular weight is 1250 g/mol. The van der Waals surface area contributed by atoms with Crippen molar-refractivity contribution in [3.63, 3.8) is 0 Å². The summed E-state index contributed by atoms with van der Waals surface area (Å²) in [5.41, 5.74) is 20.7. The number of hydrogen-bond donors (Lipinski definition) is 0. The van der Waals surface area contributed by atoms with Gasteiger partial charge in [0.15, 0.2) is 0 Å². The van der Waals surface area contributed by atoms with Crippen LogP contribution in [0.15, 0.2) is 303 Å². The Labute approximate surface area is 558 Å². The lowest BCUT2D eigenvalue weighted by Gasteiger charge is -2.43. The monoisotopic (exact) mass is 1250 g/mol. The number of nitrogens with zero attached hydrogens (tertiary/aromatic N) is 10. The molecule has 2 bridgehead atoms. The first-order chi connectivity index (χ1) is 48.7. The third-order valence-corrected chi connectivity index (χ3v) is 21.7. The SMILES string of the molecule is c1ccc2c(c1)C1c3ccc4c(c3C2c2c1ccc1c2c2ccccc2n1-c1nc(-n2c3ccccc3c3ccccc32)cc(-n2c3ccccc3c3ccccc32)n1)c1ccccc1n4-c1nc(-n2c3ccccc3c3ccccc32)cc(-n2c3ccccc3c3ccccc32)n1. The number of aromatic nitrogens is 10. The van der Waals surface area contributed by atoms with Gasteiger partial charge in [-0.3, -0.25) is 27.4 Å². The largest absolute Gasteiger partial charge is 0.294 e. The summed E-state index contributed by atoms with van der Waals surface area (Å²) in [6, 6.07) is 111. The highest BCUT2D eigenvalue weighted by Crippen LogP contribution is 2.61. The second-order valence-electron chi connectivity index (χ2n) is 26.4. The summed E-state index contributed by atoms with van der Waals surface area (Å²) in [5, 5.41) is 14.1. The third kappa shape index (κ3) is 6.79. The van der Waals surface area contributed by atoms with E-state index in [2.05, 4.69) is 331 Å². The molecule has 0 saturated heterocycles. The summed E-state index contributed by atoms with van der Waals surface area (Å²) in [5.74, 6) is 4.07. The van der Waals surface area contributed by atoms with E-state index < -0.39 is 0 Å². The molecule has 0 spiro atoms. The smallest absolute Gasteiger partial charge is 0.238 e. The van der Waals surface area contributed by atoms with Crippen LogP contribution >= 0.6 is 0 Å². The van der Waals surface area contributed by atoms with Crippen LogP contribution in [0.2, 0.25) is 0 Å². The number of fused-ring (bicyclic) bond motifs is 18. The first-order valence-electron chi connectivity index (χ1n) is 33.6. The normalized spacial score (nSPS) is 14.3. The van der Waals surface area contributed by atoms with Gasteiger partial charge in [0.2, 0.25) is 11.9 Å². The lowest BCUT2D eigenvalue weighted by molar-refractivity contribution is 0.767. The highest BCUT2D eigenvalue weighted by Gasteiger charge is 2.45. The van der Waals surface area contributed by atoms with E-state index in [1.165, 1.54) is 87.2 Å². The predicted octanol–water partition coefficient (Wildman–Crippen LogP) is 20.8. The van der Waals surface area contributed by atoms with Gasteiger partial charge in [0.1, 0.15) is 23.3 Å². The predicted molar refractivity (Wildman–Crippen MR) is 398 cm³/mol. The molecule has 0 aliphatic heterocycles. The molecular formula is C88H52N10. The van der Waals surface area contributed by atoms with Crippen molar-refractivity contribution < 1.29 is 0 Å². The second kappa shape index (κ2) is 19.2. The molecule has 3 aliphatic carbocycles. The molecule has 0 amide bonds. The molecule has 13 aromatic carbocycles. The van der Waals surface area contributed by atoms with Crippen LogP contribution in [0.5, 0.6) is 0 Å². The van der Waals surface area contributed by atoms with Gasteiger partial charge in [-0.2, -0.15) is 19.9 Å². The molecule has 24 rings (SSSR count). The van der Waals surface area contributed by atoms with Gasteiger partial charge in [0.05, 0.1) is 66.2 Å². The van der Waals surface area contributed by atoms with Gasteiger partial charge in [0, 0.05) is 88.6 Å². The van der Waals surface area contributed by atoms with Crippen LogP contribution in [0.1, 0.15) is 45.2 Å². The summed E-state index contributed by atoms with van der Waals surface area (Å²) in [6.07, 6.45) is 0. The van der Waals surface area contributed by atoms with E-state index in [0.29, 0.717) is 11.9 Å². The molecule has 0 saturated carbocycles. The van der Waals surface area contributed by atoms with Crippen molar-refractivity contribution >= 4 is 131 Å². The zero-order valence-electron chi connectivity index (χ0n) is 52.5. The van der Waals surface area contributed by atoms with E-state index in [0.717, 1.165) is 100 Å². The molecule has 21 aromatic rings. The van der Waals surface area contributed by atoms with Gasteiger partial charge in [-0.25, -0.2) is 0 Å². The molecule has 10 nitrogen and oxygen atoms in total. The van der Waals surface area contributed by atoms with E-state index in [-0.39, 0.29) is 11.8 Å². The van der Waals surface area contributed by atoms with Crippen molar-refractivity contribution in [1.82, 2.24) is 47.3 Å². The van der Waals surface area contributed by atoms with Gasteiger partial charge in [-0.05, 0) is 106 Å². The van der Waals surface area contributed by atoms with E-state index >= 15 is 0 Å². The van der Waals surface area contributed by atoms with Gasteiger partial charge >= 0.3 is 0 Å². The number of benzene rings is 13. The van der Waals surface area contributed by atoms with Crippen molar-refractivity contribution in [3.8, 4) is 35.2 Å². The Hall–Kier alpha value is -13.2. The van der Waals surface area contributed by atoms with Crippen LogP contribution in [-0.4, -0.2) is 47.3 Å². The minimum absolute atomic E-state index is 0.0483. The van der Waals surface area contributed by atoms with Crippen LogP contribution in [0.4, 0.5) is 0 Å². The van der Waals surface area contributed by atoms with Gasteiger partial charge in [-0.1, -0.05) is 218 Å². The molecular weight excluding hydrogens is 1200 g/mol. The third-order valence-electron chi connectivity index (χ3n) is 21.7. The van der Waals surface area contributed by atoms with Crippen molar-refractivity contribution in [1.29, 1.82) is 0 Å². The van der Waals surface area contributed by atoms with Crippen molar-refractivity contribution in [2.24, 2.45) is 0 Å². The average Bonchev–Trinajstić information content (AvgIpc) is 1.28. The van der Waals surface area contributed by atoms with Gasteiger partial charge in [0.25, 0.3) is 0 Å². The van der Waals surface area contributed by atoms with Crippen molar-refractivity contribution in [2.75, 3.05) is 0 Å². The highest BCUT2D eigenvalue weighted by atomic mass is 15.3. The fourth-order valence-electron chi connectivity index (χ4n) is 17.9. The maximum atomic E-state index is 5.82. The molecule has 8 aromatic heterocycles. The zero-order chi connectivity index (χ0) is 63.6. The lowest BCUT2D eigenvalue weighted by Crippen LogP contribution is -2.28. The lowest BCUT2D eigenvalue weighted by atomic mass is 9.59. The fraction of sp³-hybridized carbons (Fsp3) is 0.0227. The Balaban J connectivity index is 0.796. The minimum Gasteiger partial charge on any atom is -0.294 e. The summed E-state index contributed by atoms with van der Waals surface area (Å²) < 4.78 is 14.0. The van der Waals surface area contributed by atoms with Gasteiger partial charge in [-0.15, -0.1) is 0 Å².